The minimum atomic E-state index is -0.616. The third kappa shape index (κ3) is 4.06. The molecule has 5 nitrogen and oxygen atoms in total. The maximum atomic E-state index is 13.0. The van der Waals surface area contributed by atoms with E-state index in [-0.39, 0.29) is 11.3 Å². The highest BCUT2D eigenvalue weighted by Crippen LogP contribution is 2.27. The maximum absolute atomic E-state index is 13.0. The number of para-hydroxylation sites is 1. The molecular weight excluding hydrogens is 408 g/mol. The standard InChI is InChI=1S/C21H21BrN2O3/c1-2-3-6-13-24-17-8-5-4-7-16(17)19(25)18(21(24)27)20(26)23-15-11-9-14(22)10-12-15/h4-5,7-12,25H,2-3,6,13H2,1H3,(H,23,26). The number of pyridine rings is 1. The minimum absolute atomic E-state index is 0.229. The normalized spacial score (nSPS) is 10.9. The fourth-order valence-corrected chi connectivity index (χ4v) is 3.33. The molecule has 0 aliphatic rings. The van der Waals surface area contributed by atoms with Crippen LogP contribution in [0, 0.1) is 0 Å². The number of unbranched alkanes of at least 4 members (excludes halogenated alkanes) is 2. The molecule has 140 valence electrons. The van der Waals surface area contributed by atoms with Crippen LogP contribution in [0.3, 0.4) is 0 Å². The van der Waals surface area contributed by atoms with E-state index < -0.39 is 11.5 Å². The van der Waals surface area contributed by atoms with Crippen LogP contribution in [-0.4, -0.2) is 15.6 Å². The van der Waals surface area contributed by atoms with Crippen LogP contribution in [0.15, 0.2) is 57.8 Å². The summed E-state index contributed by atoms with van der Waals surface area (Å²) in [6.45, 7) is 2.60. The number of aromatic hydroxyl groups is 1. The highest BCUT2D eigenvalue weighted by molar-refractivity contribution is 9.10. The Hall–Kier alpha value is -2.60. The summed E-state index contributed by atoms with van der Waals surface area (Å²) >= 11 is 3.34. The number of aromatic nitrogens is 1. The first kappa shape index (κ1) is 19.2. The molecule has 1 amide bonds. The molecule has 0 unspecified atom stereocenters. The molecule has 0 aliphatic carbocycles. The van der Waals surface area contributed by atoms with Crippen molar-refractivity contribution in [3.05, 3.63) is 68.9 Å². The second-order valence-electron chi connectivity index (χ2n) is 6.37. The van der Waals surface area contributed by atoms with Crippen molar-refractivity contribution >= 4 is 38.4 Å². The van der Waals surface area contributed by atoms with Crippen LogP contribution in [0.2, 0.25) is 0 Å². The average Bonchev–Trinajstić information content (AvgIpc) is 2.66. The van der Waals surface area contributed by atoms with Gasteiger partial charge in [0, 0.05) is 22.1 Å². The van der Waals surface area contributed by atoms with Gasteiger partial charge in [-0.25, -0.2) is 0 Å². The van der Waals surface area contributed by atoms with Gasteiger partial charge >= 0.3 is 0 Å². The number of hydrogen-bond acceptors (Lipinski definition) is 3. The summed E-state index contributed by atoms with van der Waals surface area (Å²) in [5.41, 5.74) is 0.481. The maximum Gasteiger partial charge on any atom is 0.267 e. The number of rotatable bonds is 6. The fourth-order valence-electron chi connectivity index (χ4n) is 3.06. The van der Waals surface area contributed by atoms with E-state index in [9.17, 15) is 14.7 Å². The van der Waals surface area contributed by atoms with Crippen molar-refractivity contribution in [2.45, 2.75) is 32.7 Å². The van der Waals surface area contributed by atoms with E-state index >= 15 is 0 Å². The average molecular weight is 429 g/mol. The molecule has 0 fully saturated rings. The number of halogens is 1. The molecule has 27 heavy (non-hydrogen) atoms. The number of nitrogens with zero attached hydrogens (tertiary/aromatic N) is 1. The molecule has 0 aliphatic heterocycles. The number of anilines is 1. The third-order valence-corrected chi connectivity index (χ3v) is 4.99. The lowest BCUT2D eigenvalue weighted by Gasteiger charge is -2.15. The topological polar surface area (TPSA) is 71.3 Å². The lowest BCUT2D eigenvalue weighted by Crippen LogP contribution is -2.30. The van der Waals surface area contributed by atoms with E-state index in [1.165, 1.54) is 0 Å². The van der Waals surface area contributed by atoms with E-state index in [1.54, 1.807) is 47.0 Å². The molecule has 6 heteroatoms. The van der Waals surface area contributed by atoms with Crippen LogP contribution in [0.4, 0.5) is 5.69 Å². The number of nitrogens with one attached hydrogen (secondary N) is 1. The molecule has 0 saturated heterocycles. The van der Waals surface area contributed by atoms with Gasteiger partial charge in [-0.3, -0.25) is 9.59 Å². The van der Waals surface area contributed by atoms with Gasteiger partial charge in [0.15, 0.2) is 0 Å². The highest BCUT2D eigenvalue weighted by atomic mass is 79.9. The SMILES string of the molecule is CCCCCn1c(=O)c(C(=O)Nc2ccc(Br)cc2)c(O)c2ccccc21. The number of amides is 1. The molecule has 0 radical (unpaired) electrons. The van der Waals surface area contributed by atoms with Crippen molar-refractivity contribution in [1.82, 2.24) is 4.57 Å². The summed E-state index contributed by atoms with van der Waals surface area (Å²) in [6, 6.07) is 14.1. The van der Waals surface area contributed by atoms with Gasteiger partial charge in [0.2, 0.25) is 0 Å². The van der Waals surface area contributed by atoms with E-state index in [2.05, 4.69) is 28.2 Å². The molecule has 1 heterocycles. The molecule has 3 rings (SSSR count). The van der Waals surface area contributed by atoms with Crippen LogP contribution in [-0.2, 0) is 6.54 Å². The zero-order chi connectivity index (χ0) is 19.4. The fraction of sp³-hybridized carbons (Fsp3) is 0.238. The predicted octanol–water partition coefficient (Wildman–Crippen LogP) is 4.91. The lowest BCUT2D eigenvalue weighted by molar-refractivity contribution is 0.102. The Morgan fingerprint density at radius 1 is 1.11 bits per heavy atom. The Morgan fingerprint density at radius 3 is 2.52 bits per heavy atom. The number of hydrogen-bond donors (Lipinski definition) is 2. The summed E-state index contributed by atoms with van der Waals surface area (Å²) in [5.74, 6) is -0.897. The van der Waals surface area contributed by atoms with Gasteiger partial charge < -0.3 is 15.0 Å². The van der Waals surface area contributed by atoms with Crippen LogP contribution in [0.5, 0.6) is 5.75 Å². The number of benzene rings is 2. The highest BCUT2D eigenvalue weighted by Gasteiger charge is 2.22. The largest absolute Gasteiger partial charge is 0.506 e. The van der Waals surface area contributed by atoms with E-state index in [0.29, 0.717) is 23.1 Å². The molecule has 2 aromatic carbocycles. The molecule has 0 atom stereocenters. The van der Waals surface area contributed by atoms with Crippen LogP contribution >= 0.6 is 15.9 Å². The Balaban J connectivity index is 2.07. The number of aryl methyl sites for hydroxylation is 1. The number of carbonyl (C=O) groups excluding carboxylic acids is 1. The molecule has 3 aromatic rings. The third-order valence-electron chi connectivity index (χ3n) is 4.46. The van der Waals surface area contributed by atoms with Crippen molar-refractivity contribution in [2.75, 3.05) is 5.32 Å². The Kier molecular flexibility index (Phi) is 5.96. The first-order valence-electron chi connectivity index (χ1n) is 8.94. The quantitative estimate of drug-likeness (QED) is 0.547. The Bertz CT molecular complexity index is 1030. The van der Waals surface area contributed by atoms with Crippen molar-refractivity contribution in [1.29, 1.82) is 0 Å². The van der Waals surface area contributed by atoms with Crippen LogP contribution in [0.1, 0.15) is 36.5 Å². The van der Waals surface area contributed by atoms with Gasteiger partial charge in [-0.1, -0.05) is 47.8 Å². The van der Waals surface area contributed by atoms with Crippen molar-refractivity contribution in [3.63, 3.8) is 0 Å². The Labute approximate surface area is 165 Å². The van der Waals surface area contributed by atoms with Gasteiger partial charge in [0.1, 0.15) is 11.3 Å². The zero-order valence-corrected chi connectivity index (χ0v) is 16.6. The molecule has 0 spiro atoms. The van der Waals surface area contributed by atoms with Crippen molar-refractivity contribution in [3.8, 4) is 5.75 Å². The van der Waals surface area contributed by atoms with Gasteiger partial charge in [-0.05, 0) is 42.8 Å². The summed E-state index contributed by atoms with van der Waals surface area (Å²) in [7, 11) is 0. The Morgan fingerprint density at radius 2 is 1.81 bits per heavy atom. The molecule has 0 saturated carbocycles. The van der Waals surface area contributed by atoms with Gasteiger partial charge in [0.25, 0.3) is 11.5 Å². The number of carbonyl (C=O) groups is 1. The van der Waals surface area contributed by atoms with E-state index in [0.717, 1.165) is 23.7 Å². The zero-order valence-electron chi connectivity index (χ0n) is 15.0. The van der Waals surface area contributed by atoms with E-state index in [4.69, 9.17) is 0 Å². The first-order valence-corrected chi connectivity index (χ1v) is 9.73. The summed E-state index contributed by atoms with van der Waals surface area (Å²) in [4.78, 5) is 25.8. The smallest absolute Gasteiger partial charge is 0.267 e. The van der Waals surface area contributed by atoms with Gasteiger partial charge in [-0.2, -0.15) is 0 Å². The second kappa shape index (κ2) is 8.39. The van der Waals surface area contributed by atoms with Crippen LogP contribution in [0.25, 0.3) is 10.9 Å². The van der Waals surface area contributed by atoms with Gasteiger partial charge in [0.05, 0.1) is 5.52 Å². The van der Waals surface area contributed by atoms with E-state index in [1.807, 2.05) is 6.07 Å². The minimum Gasteiger partial charge on any atom is -0.506 e. The number of fused-ring (bicyclic) bond motifs is 1. The van der Waals surface area contributed by atoms with Gasteiger partial charge in [-0.15, -0.1) is 0 Å². The summed E-state index contributed by atoms with van der Waals surface area (Å²) < 4.78 is 2.47. The van der Waals surface area contributed by atoms with Crippen molar-refractivity contribution < 1.29 is 9.90 Å². The monoisotopic (exact) mass is 428 g/mol. The molecular formula is C21H21BrN2O3. The first-order chi connectivity index (χ1) is 13.0. The summed E-state index contributed by atoms with van der Waals surface area (Å²) in [6.07, 6.45) is 2.85. The predicted molar refractivity (Wildman–Crippen MR) is 111 cm³/mol. The summed E-state index contributed by atoms with van der Waals surface area (Å²) in [5, 5.41) is 13.8. The lowest BCUT2D eigenvalue weighted by atomic mass is 10.1. The van der Waals surface area contributed by atoms with Crippen molar-refractivity contribution in [2.24, 2.45) is 0 Å². The molecule has 1 aromatic heterocycles. The second-order valence-corrected chi connectivity index (χ2v) is 7.28. The molecule has 2 N–H and O–H groups in total. The molecule has 0 bridgehead atoms. The van der Waals surface area contributed by atoms with Crippen LogP contribution < -0.4 is 10.9 Å².